The Bertz CT molecular complexity index is 665. The first-order valence-electron chi connectivity index (χ1n) is 9.36. The Kier molecular flexibility index (Phi) is 8.37. The maximum absolute atomic E-state index is 10.8. The second-order valence-electron chi connectivity index (χ2n) is 6.56. The van der Waals surface area contributed by atoms with Gasteiger partial charge in [-0.1, -0.05) is 12.8 Å². The van der Waals surface area contributed by atoms with Gasteiger partial charge in [0.25, 0.3) is 0 Å². The Morgan fingerprint density at radius 2 is 2.08 bits per heavy atom. The lowest BCUT2D eigenvalue weighted by Crippen LogP contribution is -2.26. The lowest BCUT2D eigenvalue weighted by molar-refractivity contribution is -0.107. The van der Waals surface area contributed by atoms with Crippen LogP contribution in [-0.2, 0) is 4.79 Å². The van der Waals surface area contributed by atoms with Crippen molar-refractivity contribution < 1.29 is 9.90 Å². The molecule has 1 aliphatic heterocycles. The van der Waals surface area contributed by atoms with Crippen molar-refractivity contribution in [3.8, 4) is 0 Å². The molecule has 1 aliphatic rings. The van der Waals surface area contributed by atoms with Gasteiger partial charge in [-0.15, -0.1) is 0 Å². The average molecular weight is 361 g/mol. The van der Waals surface area contributed by atoms with Crippen LogP contribution in [0.4, 0.5) is 11.4 Å². The number of amides is 1. The van der Waals surface area contributed by atoms with Crippen LogP contribution in [0.25, 0.3) is 11.0 Å². The first-order chi connectivity index (χ1) is 12.7. The average Bonchev–Trinajstić information content (AvgIpc) is 3.00. The number of hydrogen-bond donors (Lipinski definition) is 3. The van der Waals surface area contributed by atoms with E-state index in [9.17, 15) is 4.79 Å². The largest absolute Gasteiger partial charge is 0.396 e. The van der Waals surface area contributed by atoms with Crippen molar-refractivity contribution in [3.63, 3.8) is 0 Å². The molecule has 1 saturated heterocycles. The maximum atomic E-state index is 10.8. The normalized spacial score (nSPS) is 15.0. The third-order valence-corrected chi connectivity index (χ3v) is 4.67. The molecule has 26 heavy (non-hydrogen) atoms. The van der Waals surface area contributed by atoms with Gasteiger partial charge in [0.15, 0.2) is 0 Å². The lowest BCUT2D eigenvalue weighted by atomic mass is 10.2. The number of carbonyl (C=O) groups is 1. The summed E-state index contributed by atoms with van der Waals surface area (Å²) in [5, 5.41) is 12.6. The van der Waals surface area contributed by atoms with E-state index in [-0.39, 0.29) is 0 Å². The number of aliphatic hydroxyl groups excluding tert-OH is 1. The third kappa shape index (κ3) is 5.44. The zero-order valence-corrected chi connectivity index (χ0v) is 15.9. The molecular formula is C19H31N5O2. The molecule has 7 nitrogen and oxygen atoms in total. The Morgan fingerprint density at radius 1 is 1.35 bits per heavy atom. The fourth-order valence-corrected chi connectivity index (χ4v) is 3.26. The molecule has 1 amide bonds. The minimum atomic E-state index is 0.344. The Morgan fingerprint density at radius 3 is 2.69 bits per heavy atom. The number of carbonyl (C=O) groups excluding carboxylic acids is 1. The van der Waals surface area contributed by atoms with Gasteiger partial charge in [0, 0.05) is 38.8 Å². The molecule has 3 heterocycles. The number of rotatable bonds is 6. The van der Waals surface area contributed by atoms with E-state index in [4.69, 9.17) is 5.11 Å². The van der Waals surface area contributed by atoms with Gasteiger partial charge in [0.2, 0.25) is 6.41 Å². The zero-order valence-electron chi connectivity index (χ0n) is 15.9. The monoisotopic (exact) mass is 361 g/mol. The lowest BCUT2D eigenvalue weighted by Gasteiger charge is -2.18. The summed E-state index contributed by atoms with van der Waals surface area (Å²) in [7, 11) is 3.52. The molecule has 0 unspecified atom stereocenters. The number of aromatic nitrogens is 2. The van der Waals surface area contributed by atoms with Crippen LogP contribution in [0.1, 0.15) is 32.1 Å². The van der Waals surface area contributed by atoms with Gasteiger partial charge in [0.1, 0.15) is 5.65 Å². The van der Waals surface area contributed by atoms with Crippen LogP contribution >= 0.6 is 0 Å². The van der Waals surface area contributed by atoms with Gasteiger partial charge in [-0.2, -0.15) is 0 Å². The van der Waals surface area contributed by atoms with Crippen molar-refractivity contribution >= 4 is 28.8 Å². The summed E-state index contributed by atoms with van der Waals surface area (Å²) >= 11 is 0. The zero-order chi connectivity index (χ0) is 18.8. The van der Waals surface area contributed by atoms with E-state index in [1.54, 1.807) is 26.5 Å². The predicted octanol–water partition coefficient (Wildman–Crippen LogP) is 2.44. The first-order valence-corrected chi connectivity index (χ1v) is 9.36. The summed E-state index contributed by atoms with van der Waals surface area (Å²) in [6.07, 6.45) is 10.7. The van der Waals surface area contributed by atoms with Crippen molar-refractivity contribution in [1.29, 1.82) is 0 Å². The summed E-state index contributed by atoms with van der Waals surface area (Å²) < 4.78 is 0. The number of likely N-dealkylation sites (tertiary alicyclic amines) is 1. The summed E-state index contributed by atoms with van der Waals surface area (Å²) in [6, 6.07) is 1.90. The molecule has 2 aromatic heterocycles. The maximum Gasteiger partial charge on any atom is 0.213 e. The molecule has 0 radical (unpaired) electrons. The van der Waals surface area contributed by atoms with Crippen molar-refractivity contribution in [3.05, 3.63) is 18.5 Å². The number of nitrogens with one attached hydrogen (secondary N) is 2. The number of H-pyrrole nitrogens is 1. The summed E-state index contributed by atoms with van der Waals surface area (Å²) in [4.78, 5) is 22.1. The van der Waals surface area contributed by atoms with E-state index in [2.05, 4.69) is 20.2 Å². The van der Waals surface area contributed by atoms with Crippen LogP contribution in [0.3, 0.4) is 0 Å². The minimum Gasteiger partial charge on any atom is -0.396 e. The number of hydrogen-bond acceptors (Lipinski definition) is 5. The molecule has 1 fully saturated rings. The molecule has 0 saturated carbocycles. The molecule has 0 aliphatic carbocycles. The van der Waals surface area contributed by atoms with Crippen LogP contribution < -0.4 is 10.2 Å². The van der Waals surface area contributed by atoms with Gasteiger partial charge >= 0.3 is 0 Å². The standard InChI is InChI=1S/C10H12N4O.C9H19NO/c1-11-8-5-13-10-7(3-4-12-10)9(8)14(2)6-15;11-9-5-8-10-6-3-1-2-4-7-10/h3-6,11H,1-2H3,(H,12,13);11H,1-9H2. The number of aliphatic hydroxyl groups is 1. The van der Waals surface area contributed by atoms with E-state index in [1.165, 1.54) is 43.7 Å². The van der Waals surface area contributed by atoms with Gasteiger partial charge in [0.05, 0.1) is 17.6 Å². The minimum absolute atomic E-state index is 0.344. The SMILES string of the molecule is CNc1cnc2[nH]ccc2c1N(C)C=O.OCCCN1CCCCCC1. The number of aromatic amines is 1. The summed E-state index contributed by atoms with van der Waals surface area (Å²) in [5.74, 6) is 0. The molecule has 0 aromatic carbocycles. The van der Waals surface area contributed by atoms with E-state index >= 15 is 0 Å². The fourth-order valence-electron chi connectivity index (χ4n) is 3.26. The topological polar surface area (TPSA) is 84.5 Å². The fraction of sp³-hybridized carbons (Fsp3) is 0.579. The van der Waals surface area contributed by atoms with Crippen molar-refractivity contribution in [1.82, 2.24) is 14.9 Å². The van der Waals surface area contributed by atoms with Crippen molar-refractivity contribution in [2.24, 2.45) is 0 Å². The van der Waals surface area contributed by atoms with Gasteiger partial charge in [-0.25, -0.2) is 4.98 Å². The predicted molar refractivity (Wildman–Crippen MR) is 107 cm³/mol. The van der Waals surface area contributed by atoms with Gasteiger partial charge < -0.3 is 25.2 Å². The summed E-state index contributed by atoms with van der Waals surface area (Å²) in [5.41, 5.74) is 2.44. The van der Waals surface area contributed by atoms with Crippen LogP contribution in [0, 0.1) is 0 Å². The number of fused-ring (bicyclic) bond motifs is 1. The second kappa shape index (κ2) is 10.8. The Balaban J connectivity index is 0.000000197. The van der Waals surface area contributed by atoms with Gasteiger partial charge in [-0.05, 0) is 38.4 Å². The molecule has 0 bridgehead atoms. The third-order valence-electron chi connectivity index (χ3n) is 4.67. The Labute approximate surface area is 155 Å². The van der Waals surface area contributed by atoms with E-state index in [0.717, 1.165) is 41.8 Å². The quantitative estimate of drug-likeness (QED) is 0.688. The first kappa shape index (κ1) is 20.2. The van der Waals surface area contributed by atoms with Crippen molar-refractivity contribution in [2.75, 3.05) is 50.6 Å². The number of nitrogens with zero attached hydrogens (tertiary/aromatic N) is 3. The Hall–Kier alpha value is -2.12. The van der Waals surface area contributed by atoms with Crippen LogP contribution in [0.15, 0.2) is 18.5 Å². The molecule has 0 spiro atoms. The van der Waals surface area contributed by atoms with Crippen molar-refractivity contribution in [2.45, 2.75) is 32.1 Å². The van der Waals surface area contributed by atoms with Crippen LogP contribution in [-0.4, -0.2) is 66.7 Å². The van der Waals surface area contributed by atoms with Crippen LogP contribution in [0.2, 0.25) is 0 Å². The molecule has 2 aromatic rings. The summed E-state index contributed by atoms with van der Waals surface area (Å²) in [6.45, 7) is 3.94. The van der Waals surface area contributed by atoms with Gasteiger partial charge in [-0.3, -0.25) is 4.79 Å². The molecule has 7 heteroatoms. The van der Waals surface area contributed by atoms with E-state index in [0.29, 0.717) is 6.61 Å². The highest BCUT2D eigenvalue weighted by Crippen LogP contribution is 2.31. The molecule has 144 valence electrons. The smallest absolute Gasteiger partial charge is 0.213 e. The molecular weight excluding hydrogens is 330 g/mol. The number of pyridine rings is 1. The van der Waals surface area contributed by atoms with E-state index < -0.39 is 0 Å². The highest BCUT2D eigenvalue weighted by molar-refractivity contribution is 6.01. The molecule has 0 atom stereocenters. The van der Waals surface area contributed by atoms with E-state index in [1.807, 2.05) is 6.07 Å². The molecule has 3 N–H and O–H groups in total. The second-order valence-corrected chi connectivity index (χ2v) is 6.56. The van der Waals surface area contributed by atoms with Crippen LogP contribution in [0.5, 0.6) is 0 Å². The molecule has 3 rings (SSSR count). The number of anilines is 2. The highest BCUT2D eigenvalue weighted by Gasteiger charge is 2.12. The highest BCUT2D eigenvalue weighted by atomic mass is 16.3.